The molecule has 0 aliphatic carbocycles. The van der Waals surface area contributed by atoms with E-state index in [4.69, 9.17) is 0 Å². The molecule has 0 saturated heterocycles. The zero-order valence-electron chi connectivity index (χ0n) is 10.0. The van der Waals surface area contributed by atoms with Crippen LogP contribution in [0.5, 0.6) is 0 Å². The van der Waals surface area contributed by atoms with Crippen LogP contribution in [-0.4, -0.2) is 5.11 Å². The molecule has 0 radical (unpaired) electrons. The van der Waals surface area contributed by atoms with Gasteiger partial charge in [0.05, 0.1) is 6.10 Å². The normalized spacial score (nSPS) is 12.5. The van der Waals surface area contributed by atoms with Crippen molar-refractivity contribution >= 4 is 11.8 Å². The Labute approximate surface area is 113 Å². The summed E-state index contributed by atoms with van der Waals surface area (Å²) in [5.74, 6) is -2.31. The minimum Gasteiger partial charge on any atom is -0.389 e. The lowest BCUT2D eigenvalue weighted by Crippen LogP contribution is -1.95. The average Bonchev–Trinajstić information content (AvgIpc) is 2.36. The van der Waals surface area contributed by atoms with E-state index < -0.39 is 23.6 Å². The van der Waals surface area contributed by atoms with Crippen LogP contribution >= 0.6 is 11.8 Å². The van der Waals surface area contributed by atoms with Gasteiger partial charge in [0, 0.05) is 9.79 Å². The summed E-state index contributed by atoms with van der Waals surface area (Å²) in [6.07, 6.45) is -0.844. The van der Waals surface area contributed by atoms with E-state index in [9.17, 15) is 18.3 Å². The van der Waals surface area contributed by atoms with Crippen molar-refractivity contribution in [2.45, 2.75) is 22.8 Å². The van der Waals surface area contributed by atoms with Gasteiger partial charge in [-0.05, 0) is 48.9 Å². The number of benzene rings is 2. The Morgan fingerprint density at radius 1 is 1.00 bits per heavy atom. The molecule has 2 aromatic rings. The molecule has 2 aromatic carbocycles. The van der Waals surface area contributed by atoms with Crippen LogP contribution in [0.2, 0.25) is 0 Å². The first-order valence-electron chi connectivity index (χ1n) is 5.58. The molecule has 0 spiro atoms. The van der Waals surface area contributed by atoms with E-state index in [1.54, 1.807) is 0 Å². The maximum atomic E-state index is 13.1. The zero-order chi connectivity index (χ0) is 14.0. The Morgan fingerprint density at radius 3 is 2.37 bits per heavy atom. The van der Waals surface area contributed by atoms with E-state index in [0.29, 0.717) is 15.4 Å². The fourth-order valence-corrected chi connectivity index (χ4v) is 2.64. The van der Waals surface area contributed by atoms with Crippen molar-refractivity contribution in [3.63, 3.8) is 0 Å². The van der Waals surface area contributed by atoms with Gasteiger partial charge in [0.15, 0.2) is 11.6 Å². The van der Waals surface area contributed by atoms with Gasteiger partial charge in [-0.2, -0.15) is 0 Å². The number of hydrogen-bond donors (Lipinski definition) is 1. The molecule has 2 rings (SSSR count). The predicted octanol–water partition coefficient (Wildman–Crippen LogP) is 4.31. The van der Waals surface area contributed by atoms with Crippen molar-refractivity contribution in [1.29, 1.82) is 0 Å². The summed E-state index contributed by atoms with van der Waals surface area (Å²) in [6, 6.07) is 7.51. The highest BCUT2D eigenvalue weighted by Crippen LogP contribution is 2.34. The van der Waals surface area contributed by atoms with Gasteiger partial charge >= 0.3 is 0 Å². The predicted molar refractivity (Wildman–Crippen MR) is 67.5 cm³/mol. The third-order valence-corrected chi connectivity index (χ3v) is 3.62. The molecule has 0 aromatic heterocycles. The maximum Gasteiger partial charge on any atom is 0.159 e. The topological polar surface area (TPSA) is 20.2 Å². The Morgan fingerprint density at radius 2 is 1.74 bits per heavy atom. The van der Waals surface area contributed by atoms with Crippen LogP contribution in [0.3, 0.4) is 0 Å². The van der Waals surface area contributed by atoms with Crippen LogP contribution in [0.1, 0.15) is 18.6 Å². The molecule has 0 saturated carbocycles. The van der Waals surface area contributed by atoms with E-state index in [1.165, 1.54) is 31.2 Å². The molecule has 0 bridgehead atoms. The summed E-state index contributed by atoms with van der Waals surface area (Å²) < 4.78 is 39.1. The highest BCUT2D eigenvalue weighted by Gasteiger charge is 2.12. The lowest BCUT2D eigenvalue weighted by molar-refractivity contribution is 0.196. The fourth-order valence-electron chi connectivity index (χ4n) is 1.61. The second kappa shape index (κ2) is 5.67. The van der Waals surface area contributed by atoms with Gasteiger partial charge in [0.25, 0.3) is 0 Å². The average molecular weight is 284 g/mol. The van der Waals surface area contributed by atoms with E-state index in [2.05, 4.69) is 0 Å². The third kappa shape index (κ3) is 3.30. The van der Waals surface area contributed by atoms with Crippen LogP contribution in [0, 0.1) is 17.5 Å². The lowest BCUT2D eigenvalue weighted by atomic mass is 10.1. The molecular formula is C14H11F3OS. The largest absolute Gasteiger partial charge is 0.389 e. The monoisotopic (exact) mass is 284 g/mol. The molecule has 0 aliphatic rings. The van der Waals surface area contributed by atoms with Crippen molar-refractivity contribution in [2.24, 2.45) is 0 Å². The summed E-state index contributed by atoms with van der Waals surface area (Å²) in [6.45, 7) is 1.52. The smallest absolute Gasteiger partial charge is 0.159 e. The van der Waals surface area contributed by atoms with Gasteiger partial charge in [0.1, 0.15) is 5.82 Å². The first-order chi connectivity index (χ1) is 8.97. The molecule has 100 valence electrons. The van der Waals surface area contributed by atoms with Gasteiger partial charge < -0.3 is 5.11 Å². The number of rotatable bonds is 3. The summed E-state index contributed by atoms with van der Waals surface area (Å²) in [5.41, 5.74) is 0.412. The van der Waals surface area contributed by atoms with Crippen LogP contribution in [-0.2, 0) is 0 Å². The van der Waals surface area contributed by atoms with Gasteiger partial charge in [-0.1, -0.05) is 11.8 Å². The molecule has 19 heavy (non-hydrogen) atoms. The zero-order valence-corrected chi connectivity index (χ0v) is 10.8. The highest BCUT2D eigenvalue weighted by atomic mass is 32.2. The van der Waals surface area contributed by atoms with Crippen LogP contribution < -0.4 is 0 Å². The summed E-state index contributed by atoms with van der Waals surface area (Å²) >= 11 is 1.14. The first-order valence-corrected chi connectivity index (χ1v) is 6.39. The van der Waals surface area contributed by atoms with Gasteiger partial charge in [-0.3, -0.25) is 0 Å². The minimum absolute atomic E-state index is 0.412. The van der Waals surface area contributed by atoms with Crippen molar-refractivity contribution in [2.75, 3.05) is 0 Å². The van der Waals surface area contributed by atoms with Crippen LogP contribution in [0.25, 0.3) is 0 Å². The van der Waals surface area contributed by atoms with Crippen molar-refractivity contribution in [1.82, 2.24) is 0 Å². The Bertz CT molecular complexity index is 599. The molecule has 0 aliphatic heterocycles. The molecule has 1 nitrogen and oxygen atoms in total. The Kier molecular flexibility index (Phi) is 4.17. The lowest BCUT2D eigenvalue weighted by Gasteiger charge is -2.11. The van der Waals surface area contributed by atoms with Gasteiger partial charge in [-0.25, -0.2) is 13.2 Å². The van der Waals surface area contributed by atoms with E-state index in [1.807, 2.05) is 0 Å². The molecule has 0 amide bonds. The van der Waals surface area contributed by atoms with Crippen molar-refractivity contribution < 1.29 is 18.3 Å². The molecule has 1 atom stereocenters. The number of halogens is 3. The number of hydrogen-bond acceptors (Lipinski definition) is 2. The molecule has 0 unspecified atom stereocenters. The molecule has 1 N–H and O–H groups in total. The van der Waals surface area contributed by atoms with Crippen LogP contribution in [0.15, 0.2) is 46.2 Å². The molecule has 5 heteroatoms. The standard InChI is InChI=1S/C14H11F3OS/c1-8(18)11-6-9(15)2-5-14(11)19-10-3-4-12(16)13(17)7-10/h2-8,18H,1H3/t8-/m0/s1. The SMILES string of the molecule is C[C@H](O)c1cc(F)ccc1Sc1ccc(F)c(F)c1. The van der Waals surface area contributed by atoms with E-state index >= 15 is 0 Å². The summed E-state index contributed by atoms with van der Waals surface area (Å²) in [5, 5.41) is 9.59. The second-order valence-electron chi connectivity index (χ2n) is 4.04. The second-order valence-corrected chi connectivity index (χ2v) is 5.15. The maximum absolute atomic E-state index is 13.1. The van der Waals surface area contributed by atoms with Gasteiger partial charge in [0.2, 0.25) is 0 Å². The van der Waals surface area contributed by atoms with Crippen LogP contribution in [0.4, 0.5) is 13.2 Å². The first kappa shape index (κ1) is 14.0. The number of aliphatic hydroxyl groups is 1. The Balaban J connectivity index is 2.35. The van der Waals surface area contributed by atoms with Crippen molar-refractivity contribution in [3.05, 3.63) is 59.4 Å². The van der Waals surface area contributed by atoms with Crippen molar-refractivity contribution in [3.8, 4) is 0 Å². The highest BCUT2D eigenvalue weighted by molar-refractivity contribution is 7.99. The Hall–Kier alpha value is -1.46. The fraction of sp³-hybridized carbons (Fsp3) is 0.143. The molecule has 0 fully saturated rings. The van der Waals surface area contributed by atoms with E-state index in [0.717, 1.165) is 23.9 Å². The summed E-state index contributed by atoms with van der Waals surface area (Å²) in [4.78, 5) is 1.08. The minimum atomic E-state index is -0.939. The quantitative estimate of drug-likeness (QED) is 0.906. The molecular weight excluding hydrogens is 273 g/mol. The van der Waals surface area contributed by atoms with Gasteiger partial charge in [-0.15, -0.1) is 0 Å². The van der Waals surface area contributed by atoms with E-state index in [-0.39, 0.29) is 0 Å². The molecule has 0 heterocycles. The number of aliphatic hydroxyl groups excluding tert-OH is 1. The summed E-state index contributed by atoms with van der Waals surface area (Å²) in [7, 11) is 0. The third-order valence-electron chi connectivity index (χ3n) is 2.54.